The van der Waals surface area contributed by atoms with Gasteiger partial charge in [0.05, 0.1) is 0 Å². The molecule has 1 aromatic carbocycles. The van der Waals surface area contributed by atoms with Crippen molar-refractivity contribution in [3.05, 3.63) is 41.6 Å². The fourth-order valence-electron chi connectivity index (χ4n) is 1.01. The number of carbonyl (C=O) groups is 1. The highest BCUT2D eigenvalue weighted by atomic mass is 32.2. The standard InChI is InChI=1S/C9H10N2O4S/c12-9(10-13)8(11-16(14)15)6-7-4-2-1-3-5-7/h1-6,11,13H,(H,10,12)(H,14,15)/p-1. The highest BCUT2D eigenvalue weighted by molar-refractivity contribution is 7.77. The summed E-state index contributed by atoms with van der Waals surface area (Å²) < 4.78 is 22.7. The van der Waals surface area contributed by atoms with Gasteiger partial charge in [-0.2, -0.15) is 0 Å². The summed E-state index contributed by atoms with van der Waals surface area (Å²) in [7, 11) is 0. The summed E-state index contributed by atoms with van der Waals surface area (Å²) in [6.45, 7) is 0. The molecule has 0 aliphatic heterocycles. The van der Waals surface area contributed by atoms with Crippen molar-refractivity contribution in [3.8, 4) is 0 Å². The van der Waals surface area contributed by atoms with E-state index in [-0.39, 0.29) is 5.70 Å². The van der Waals surface area contributed by atoms with Crippen LogP contribution >= 0.6 is 0 Å². The highest BCUT2D eigenvalue weighted by Crippen LogP contribution is 2.04. The molecule has 0 heterocycles. The maximum Gasteiger partial charge on any atom is 0.291 e. The predicted molar refractivity (Wildman–Crippen MR) is 56.4 cm³/mol. The van der Waals surface area contributed by atoms with Crippen LogP contribution in [0.1, 0.15) is 5.56 Å². The minimum Gasteiger partial charge on any atom is -0.755 e. The van der Waals surface area contributed by atoms with Gasteiger partial charge in [0.15, 0.2) is 0 Å². The van der Waals surface area contributed by atoms with Crippen LogP contribution in [-0.2, 0) is 16.1 Å². The Hall–Kier alpha value is -1.70. The minimum absolute atomic E-state index is 0.276. The van der Waals surface area contributed by atoms with Crippen molar-refractivity contribution in [2.75, 3.05) is 0 Å². The molecule has 7 heteroatoms. The molecule has 0 spiro atoms. The zero-order valence-corrected chi connectivity index (χ0v) is 8.86. The van der Waals surface area contributed by atoms with Crippen molar-refractivity contribution in [2.45, 2.75) is 0 Å². The summed E-state index contributed by atoms with van der Waals surface area (Å²) in [5.41, 5.74) is 1.70. The van der Waals surface area contributed by atoms with E-state index in [2.05, 4.69) is 0 Å². The van der Waals surface area contributed by atoms with Crippen molar-refractivity contribution in [1.82, 2.24) is 10.2 Å². The zero-order chi connectivity index (χ0) is 12.0. The molecule has 0 saturated heterocycles. The first-order valence-electron chi connectivity index (χ1n) is 4.20. The van der Waals surface area contributed by atoms with Gasteiger partial charge in [0, 0.05) is 11.3 Å². The second kappa shape index (κ2) is 6.01. The lowest BCUT2D eigenvalue weighted by molar-refractivity contribution is -0.125. The molecule has 1 amide bonds. The van der Waals surface area contributed by atoms with E-state index in [4.69, 9.17) is 5.21 Å². The van der Waals surface area contributed by atoms with Gasteiger partial charge in [-0.1, -0.05) is 30.3 Å². The highest BCUT2D eigenvalue weighted by Gasteiger charge is 2.07. The van der Waals surface area contributed by atoms with Crippen molar-refractivity contribution in [1.29, 1.82) is 0 Å². The third kappa shape index (κ3) is 3.81. The number of rotatable bonds is 4. The molecule has 0 saturated carbocycles. The molecule has 86 valence electrons. The van der Waals surface area contributed by atoms with E-state index in [1.54, 1.807) is 30.3 Å². The van der Waals surface area contributed by atoms with E-state index >= 15 is 0 Å². The molecule has 6 nitrogen and oxygen atoms in total. The topological polar surface area (TPSA) is 101 Å². The van der Waals surface area contributed by atoms with Gasteiger partial charge >= 0.3 is 0 Å². The summed E-state index contributed by atoms with van der Waals surface area (Å²) >= 11 is -2.63. The molecular formula is C9H9N2O4S-. The van der Waals surface area contributed by atoms with Crippen LogP contribution in [0.5, 0.6) is 0 Å². The third-order valence-corrected chi connectivity index (χ3v) is 2.04. The lowest BCUT2D eigenvalue weighted by Gasteiger charge is -2.10. The van der Waals surface area contributed by atoms with Crippen LogP contribution in [0.25, 0.3) is 6.08 Å². The average Bonchev–Trinajstić information content (AvgIpc) is 2.28. The molecule has 0 aliphatic rings. The van der Waals surface area contributed by atoms with Gasteiger partial charge in [0.25, 0.3) is 5.91 Å². The molecule has 0 fully saturated rings. The van der Waals surface area contributed by atoms with Gasteiger partial charge in [-0.05, 0) is 11.6 Å². The summed E-state index contributed by atoms with van der Waals surface area (Å²) in [6.07, 6.45) is 1.29. The van der Waals surface area contributed by atoms with Gasteiger partial charge in [0.1, 0.15) is 5.70 Å². The lowest BCUT2D eigenvalue weighted by Crippen LogP contribution is -2.30. The first-order chi connectivity index (χ1) is 7.63. The molecule has 1 unspecified atom stereocenters. The van der Waals surface area contributed by atoms with Crippen LogP contribution in [0.3, 0.4) is 0 Å². The van der Waals surface area contributed by atoms with E-state index in [1.165, 1.54) is 11.6 Å². The smallest absolute Gasteiger partial charge is 0.291 e. The third-order valence-electron chi connectivity index (χ3n) is 1.65. The number of carbonyl (C=O) groups excluding carboxylic acids is 1. The first-order valence-corrected chi connectivity index (χ1v) is 5.28. The summed E-state index contributed by atoms with van der Waals surface area (Å²) in [5, 5.41) is 8.41. The van der Waals surface area contributed by atoms with Crippen LogP contribution in [0.4, 0.5) is 0 Å². The molecule has 3 N–H and O–H groups in total. The molecular weight excluding hydrogens is 232 g/mol. The Morgan fingerprint density at radius 1 is 1.38 bits per heavy atom. The Kier molecular flexibility index (Phi) is 4.65. The fourth-order valence-corrected chi connectivity index (χ4v) is 1.34. The molecule has 0 aliphatic carbocycles. The van der Waals surface area contributed by atoms with Gasteiger partial charge < -0.3 is 9.27 Å². The van der Waals surface area contributed by atoms with Gasteiger partial charge in [-0.15, -0.1) is 0 Å². The largest absolute Gasteiger partial charge is 0.755 e. The zero-order valence-electron chi connectivity index (χ0n) is 8.04. The number of nitrogens with one attached hydrogen (secondary N) is 2. The normalized spacial score (nSPS) is 13.0. The second-order valence-electron chi connectivity index (χ2n) is 2.75. The number of amides is 1. The number of hydrogen-bond acceptors (Lipinski definition) is 4. The van der Waals surface area contributed by atoms with Crippen LogP contribution in [0, 0.1) is 0 Å². The van der Waals surface area contributed by atoms with Crippen molar-refractivity contribution >= 4 is 23.2 Å². The SMILES string of the molecule is O=C(NO)C(=Cc1ccccc1)NS(=O)[O-]. The summed E-state index contributed by atoms with van der Waals surface area (Å²) in [4.78, 5) is 11.1. The lowest BCUT2D eigenvalue weighted by atomic mass is 10.2. The molecule has 1 atom stereocenters. The minimum atomic E-state index is -2.63. The molecule has 16 heavy (non-hydrogen) atoms. The Morgan fingerprint density at radius 2 is 2.00 bits per heavy atom. The first kappa shape index (κ1) is 12.4. The van der Waals surface area contributed by atoms with Crippen LogP contribution in [-0.4, -0.2) is 19.9 Å². The molecule has 0 bridgehead atoms. The molecule has 1 aromatic rings. The molecule has 0 radical (unpaired) electrons. The van der Waals surface area contributed by atoms with Crippen molar-refractivity contribution in [2.24, 2.45) is 0 Å². The van der Waals surface area contributed by atoms with Gasteiger partial charge in [0.2, 0.25) is 0 Å². The Morgan fingerprint density at radius 3 is 2.50 bits per heavy atom. The Bertz CT molecular complexity index is 419. The maximum absolute atomic E-state index is 11.1. The van der Waals surface area contributed by atoms with Gasteiger partial charge in [-0.3, -0.25) is 14.2 Å². The summed E-state index contributed by atoms with van der Waals surface area (Å²) in [6, 6.07) is 8.60. The molecule has 1 rings (SSSR count). The van der Waals surface area contributed by atoms with Crippen LogP contribution < -0.4 is 10.2 Å². The summed E-state index contributed by atoms with van der Waals surface area (Å²) in [5.74, 6) is -0.937. The van der Waals surface area contributed by atoms with Crippen LogP contribution in [0.15, 0.2) is 36.0 Å². The van der Waals surface area contributed by atoms with Crippen LogP contribution in [0.2, 0.25) is 0 Å². The fraction of sp³-hybridized carbons (Fsp3) is 0. The quantitative estimate of drug-likeness (QED) is 0.297. The average molecular weight is 241 g/mol. The van der Waals surface area contributed by atoms with Crippen molar-refractivity contribution in [3.63, 3.8) is 0 Å². The van der Waals surface area contributed by atoms with E-state index in [0.29, 0.717) is 5.56 Å². The maximum atomic E-state index is 11.1. The van der Waals surface area contributed by atoms with E-state index in [9.17, 15) is 13.6 Å². The number of hydroxylamine groups is 1. The number of hydrogen-bond donors (Lipinski definition) is 3. The van der Waals surface area contributed by atoms with E-state index in [1.807, 2.05) is 4.72 Å². The van der Waals surface area contributed by atoms with E-state index in [0.717, 1.165) is 0 Å². The van der Waals surface area contributed by atoms with Gasteiger partial charge in [-0.25, -0.2) is 5.48 Å². The number of benzene rings is 1. The second-order valence-corrected chi connectivity index (χ2v) is 3.42. The van der Waals surface area contributed by atoms with Crippen molar-refractivity contribution < 1.29 is 18.8 Å². The predicted octanol–water partition coefficient (Wildman–Crippen LogP) is -0.0834. The Labute approximate surface area is 94.4 Å². The molecule has 0 aromatic heterocycles. The Balaban J connectivity index is 2.96. The van der Waals surface area contributed by atoms with E-state index < -0.39 is 17.2 Å². The monoisotopic (exact) mass is 241 g/mol.